The summed E-state index contributed by atoms with van der Waals surface area (Å²) in [5, 5.41) is 29.5. The summed E-state index contributed by atoms with van der Waals surface area (Å²) in [5.74, 6) is -1.36. The molecule has 1 unspecified atom stereocenters. The van der Waals surface area contributed by atoms with Gasteiger partial charge < -0.3 is 30.0 Å². The number of allylic oxidation sites excluding steroid dienone is 2. The molecule has 0 bridgehead atoms. The number of carbonyl (C=O) groups is 1. The Morgan fingerprint density at radius 3 is 2.55 bits per heavy atom. The van der Waals surface area contributed by atoms with Crippen LogP contribution in [0.1, 0.15) is 44.7 Å². The lowest BCUT2D eigenvalue weighted by atomic mass is 9.73. The maximum atomic E-state index is 12.7. The van der Waals surface area contributed by atoms with Crippen molar-refractivity contribution >= 4 is 18.6 Å². The van der Waals surface area contributed by atoms with Gasteiger partial charge in [-0.05, 0) is 34.6 Å². The average Bonchev–Trinajstić information content (AvgIpc) is 2.61. The Balaban J connectivity index is 2.86. The van der Waals surface area contributed by atoms with Crippen molar-refractivity contribution < 1.29 is 29.1 Å². The fraction of sp³-hybridized carbons (Fsp3) is 0.400. The van der Waals surface area contributed by atoms with Crippen LogP contribution in [-0.2, 0) is 14.3 Å². The third-order valence-corrected chi connectivity index (χ3v) is 4.33. The number of benzene rings is 1. The maximum absolute atomic E-state index is 12.7. The highest BCUT2D eigenvalue weighted by Crippen LogP contribution is 2.43. The van der Waals surface area contributed by atoms with Gasteiger partial charge in [0.15, 0.2) is 0 Å². The smallest absolute Gasteiger partial charge is 0.491 e. The van der Waals surface area contributed by atoms with Crippen molar-refractivity contribution in [3.8, 4) is 11.8 Å². The number of rotatable bonds is 6. The second-order valence-electron chi connectivity index (χ2n) is 6.93. The molecule has 0 saturated carbocycles. The van der Waals surface area contributed by atoms with Gasteiger partial charge in [-0.2, -0.15) is 5.26 Å². The second-order valence-corrected chi connectivity index (χ2v) is 6.93. The molecular weight excluding hydrogens is 375 g/mol. The molecule has 1 atom stereocenters. The van der Waals surface area contributed by atoms with Gasteiger partial charge in [0.1, 0.15) is 23.2 Å². The SMILES string of the molecule is CCOC(=O)C1=C(C)OC(N)=C(C#N)C1c1cc(C)cc(B(O)O)c1OC(C)C. The topological polar surface area (TPSA) is 135 Å². The molecule has 1 aromatic rings. The Labute approximate surface area is 170 Å². The normalized spacial score (nSPS) is 16.4. The monoisotopic (exact) mass is 400 g/mol. The molecule has 1 aliphatic rings. The number of ether oxygens (including phenoxy) is 3. The average molecular weight is 400 g/mol. The van der Waals surface area contributed by atoms with Crippen LogP contribution < -0.4 is 15.9 Å². The maximum Gasteiger partial charge on any atom is 0.492 e. The summed E-state index contributed by atoms with van der Waals surface area (Å²) in [4.78, 5) is 12.7. The number of esters is 1. The van der Waals surface area contributed by atoms with Crippen LogP contribution >= 0.6 is 0 Å². The summed E-state index contributed by atoms with van der Waals surface area (Å²) in [6.07, 6.45) is -0.309. The summed E-state index contributed by atoms with van der Waals surface area (Å²) < 4.78 is 16.5. The van der Waals surface area contributed by atoms with Crippen molar-refractivity contribution in [1.82, 2.24) is 0 Å². The van der Waals surface area contributed by atoms with E-state index >= 15 is 0 Å². The fourth-order valence-electron chi connectivity index (χ4n) is 3.27. The van der Waals surface area contributed by atoms with Gasteiger partial charge in [0.25, 0.3) is 0 Å². The molecule has 1 aliphatic heterocycles. The van der Waals surface area contributed by atoms with Gasteiger partial charge in [-0.1, -0.05) is 17.7 Å². The number of nitriles is 1. The number of hydrogen-bond acceptors (Lipinski definition) is 8. The zero-order valence-electron chi connectivity index (χ0n) is 17.1. The molecule has 2 rings (SSSR count). The van der Waals surface area contributed by atoms with Crippen molar-refractivity contribution in [1.29, 1.82) is 5.26 Å². The predicted molar refractivity (Wildman–Crippen MR) is 107 cm³/mol. The van der Waals surface area contributed by atoms with Crippen LogP contribution in [0.4, 0.5) is 0 Å². The van der Waals surface area contributed by atoms with E-state index in [0.717, 1.165) is 0 Å². The Morgan fingerprint density at radius 2 is 2.03 bits per heavy atom. The largest absolute Gasteiger partial charge is 0.492 e. The Hall–Kier alpha value is -2.96. The van der Waals surface area contributed by atoms with Crippen LogP contribution in [-0.4, -0.2) is 35.8 Å². The number of nitrogens with zero attached hydrogens (tertiary/aromatic N) is 1. The Morgan fingerprint density at radius 1 is 1.38 bits per heavy atom. The van der Waals surface area contributed by atoms with E-state index in [9.17, 15) is 20.1 Å². The minimum absolute atomic E-state index is 0.0104. The molecule has 0 radical (unpaired) electrons. The fourth-order valence-corrected chi connectivity index (χ4v) is 3.27. The molecule has 1 aromatic carbocycles. The first kappa shape index (κ1) is 22.3. The molecule has 154 valence electrons. The van der Waals surface area contributed by atoms with Gasteiger partial charge in [-0.3, -0.25) is 0 Å². The van der Waals surface area contributed by atoms with E-state index < -0.39 is 19.0 Å². The minimum Gasteiger partial charge on any atom is -0.491 e. The predicted octanol–water partition coefficient (Wildman–Crippen LogP) is 1.11. The van der Waals surface area contributed by atoms with Crippen LogP contribution in [0, 0.1) is 18.3 Å². The molecule has 0 fully saturated rings. The molecule has 0 aromatic heterocycles. The van der Waals surface area contributed by atoms with E-state index in [2.05, 4.69) is 0 Å². The van der Waals surface area contributed by atoms with Crippen LogP contribution in [0.25, 0.3) is 0 Å². The summed E-state index contributed by atoms with van der Waals surface area (Å²) in [7, 11) is -1.81. The summed E-state index contributed by atoms with van der Waals surface area (Å²) in [6.45, 7) is 8.68. The van der Waals surface area contributed by atoms with Crippen LogP contribution in [0.15, 0.2) is 34.9 Å². The number of nitrogens with two attached hydrogens (primary N) is 1. The lowest BCUT2D eigenvalue weighted by molar-refractivity contribution is -0.139. The van der Waals surface area contributed by atoms with Gasteiger partial charge >= 0.3 is 13.1 Å². The zero-order valence-corrected chi connectivity index (χ0v) is 17.1. The molecule has 1 heterocycles. The lowest BCUT2D eigenvalue weighted by Crippen LogP contribution is -2.35. The van der Waals surface area contributed by atoms with Crippen molar-refractivity contribution in [3.63, 3.8) is 0 Å². The molecular formula is C20H25BN2O6. The number of carbonyl (C=O) groups excluding carboxylic acids is 1. The number of aryl methyl sites for hydroxylation is 1. The van der Waals surface area contributed by atoms with Crippen molar-refractivity contribution in [2.45, 2.75) is 46.6 Å². The highest BCUT2D eigenvalue weighted by Gasteiger charge is 2.39. The molecule has 29 heavy (non-hydrogen) atoms. The summed E-state index contributed by atoms with van der Waals surface area (Å²) in [6, 6.07) is 5.30. The standard InChI is InChI=1S/C20H25BN2O6/c1-6-27-20(24)16-12(5)29-19(23)14(9-22)17(16)13-7-11(4)8-15(21(25)26)18(13)28-10(2)3/h7-8,10,17,25-26H,6,23H2,1-5H3. The van der Waals surface area contributed by atoms with E-state index in [1.165, 1.54) is 0 Å². The van der Waals surface area contributed by atoms with Gasteiger partial charge in [-0.25, -0.2) is 4.79 Å². The van der Waals surface area contributed by atoms with Crippen LogP contribution in [0.5, 0.6) is 5.75 Å². The number of hydrogen-bond donors (Lipinski definition) is 3. The highest BCUT2D eigenvalue weighted by molar-refractivity contribution is 6.59. The molecule has 8 nitrogen and oxygen atoms in total. The van der Waals surface area contributed by atoms with E-state index in [1.54, 1.807) is 46.8 Å². The summed E-state index contributed by atoms with van der Waals surface area (Å²) in [5.41, 5.74) is 7.26. The first-order chi connectivity index (χ1) is 13.6. The van der Waals surface area contributed by atoms with E-state index in [0.29, 0.717) is 11.1 Å². The molecule has 9 heteroatoms. The summed E-state index contributed by atoms with van der Waals surface area (Å²) >= 11 is 0. The van der Waals surface area contributed by atoms with E-state index in [-0.39, 0.29) is 46.7 Å². The van der Waals surface area contributed by atoms with E-state index in [4.69, 9.17) is 19.9 Å². The zero-order chi connectivity index (χ0) is 21.9. The third kappa shape index (κ3) is 4.55. The third-order valence-electron chi connectivity index (χ3n) is 4.33. The molecule has 4 N–H and O–H groups in total. The van der Waals surface area contributed by atoms with Crippen molar-refractivity contribution in [2.75, 3.05) is 6.61 Å². The van der Waals surface area contributed by atoms with Crippen molar-refractivity contribution in [2.24, 2.45) is 5.73 Å². The molecule has 0 amide bonds. The highest BCUT2D eigenvalue weighted by atomic mass is 16.5. The molecule has 0 spiro atoms. The molecule has 0 saturated heterocycles. The van der Waals surface area contributed by atoms with Gasteiger partial charge in [-0.15, -0.1) is 0 Å². The second kappa shape index (κ2) is 9.03. The Kier molecular flexibility index (Phi) is 6.95. The Bertz CT molecular complexity index is 914. The van der Waals surface area contributed by atoms with Gasteiger partial charge in [0, 0.05) is 11.0 Å². The minimum atomic E-state index is -1.81. The van der Waals surface area contributed by atoms with E-state index in [1.807, 2.05) is 6.07 Å². The van der Waals surface area contributed by atoms with Gasteiger partial charge in [0.05, 0.1) is 24.2 Å². The molecule has 0 aliphatic carbocycles. The van der Waals surface area contributed by atoms with Crippen LogP contribution in [0.2, 0.25) is 0 Å². The first-order valence-corrected chi connectivity index (χ1v) is 9.24. The van der Waals surface area contributed by atoms with Crippen molar-refractivity contribution in [3.05, 3.63) is 46.0 Å². The van der Waals surface area contributed by atoms with Crippen LogP contribution in [0.3, 0.4) is 0 Å². The first-order valence-electron chi connectivity index (χ1n) is 9.24. The lowest BCUT2D eigenvalue weighted by Gasteiger charge is -2.29. The quantitative estimate of drug-likeness (QED) is 0.477. The van der Waals surface area contributed by atoms with Gasteiger partial charge in [0.2, 0.25) is 5.88 Å².